The molecule has 0 saturated carbocycles. The van der Waals surface area contributed by atoms with Gasteiger partial charge in [-0.1, -0.05) is 149 Å². The summed E-state index contributed by atoms with van der Waals surface area (Å²) in [6.45, 7) is 13.6. The Bertz CT molecular complexity index is 6500. The Morgan fingerprint density at radius 1 is 0.393 bits per heavy atom. The van der Waals surface area contributed by atoms with Gasteiger partial charge in [0.1, 0.15) is 27.9 Å². The van der Waals surface area contributed by atoms with Crippen molar-refractivity contribution in [1.29, 1.82) is 0 Å². The van der Waals surface area contributed by atoms with Crippen LogP contribution in [0.3, 0.4) is 0 Å². The van der Waals surface area contributed by atoms with Crippen LogP contribution in [0.25, 0.3) is 112 Å². The number of H-pyrrole nitrogens is 1. The topological polar surface area (TPSA) is 326 Å². The molecule has 23 nitrogen and oxygen atoms in total. The average molecular weight is 1520 g/mol. The third-order valence-corrected chi connectivity index (χ3v) is 27.4. The van der Waals surface area contributed by atoms with Gasteiger partial charge in [0.05, 0.1) is 92.6 Å². The maximum Gasteiger partial charge on any atom is 0.269 e. The Labute approximate surface area is 618 Å². The molecule has 0 amide bonds. The molecule has 0 fully saturated rings. The van der Waals surface area contributed by atoms with Crippen LogP contribution in [0.5, 0.6) is 0 Å². The van der Waals surface area contributed by atoms with Crippen LogP contribution in [0.2, 0.25) is 0 Å². The standard InChI is InChI=1S/C31H26N4O5S2.C24H20N4O3S.C24H21N3O4S2/c1-20(2)41(36,37)24-15-11-23(12-16-24)28-18-32-31-30(33-28)26(29-17-27(34-40-29)22-7-5-4-6-8-22)19-35(31)42(38,39)25-13-9-21(3)10-14-25;1-15(2)32(29,30)18-10-8-17(9-11-18)21-14-26-24-23(27-21)19(13-25-24)22-12-20(28-31-22)16-6-4-3-5-7-16;1-5-18-15-27(33(30,31)21-10-6-17(4)7-11-21)24-23(18)26-22(14-25-24)19-8-12-20(13-9-19)32(28,29)16(2)3/h4-20H,1-3H3;3-15H,1-2H3,(H,25,26);1,6-16H,2-4H3. The van der Waals surface area contributed by atoms with E-state index in [0.717, 1.165) is 47.0 Å². The van der Waals surface area contributed by atoms with E-state index in [0.29, 0.717) is 67.0 Å². The van der Waals surface area contributed by atoms with E-state index in [2.05, 4.69) is 41.2 Å². The molecule has 15 aromatic rings. The average Bonchev–Trinajstić information content (AvgIpc) is 1.60. The van der Waals surface area contributed by atoms with Crippen LogP contribution < -0.4 is 0 Å². The van der Waals surface area contributed by atoms with Crippen molar-refractivity contribution in [3.05, 3.63) is 248 Å². The number of rotatable bonds is 17. The van der Waals surface area contributed by atoms with Crippen LogP contribution in [0, 0.1) is 26.2 Å². The number of sulfone groups is 3. The number of aryl methyl sites for hydroxylation is 2. The van der Waals surface area contributed by atoms with E-state index >= 15 is 0 Å². The molecule has 15 rings (SSSR count). The second kappa shape index (κ2) is 29.2. The van der Waals surface area contributed by atoms with Crippen molar-refractivity contribution in [1.82, 2.24) is 53.1 Å². The summed E-state index contributed by atoms with van der Waals surface area (Å²) >= 11 is 0. The van der Waals surface area contributed by atoms with E-state index in [9.17, 15) is 42.1 Å². The molecule has 107 heavy (non-hydrogen) atoms. The van der Waals surface area contributed by atoms with E-state index in [1.54, 1.807) is 145 Å². The molecular formula is C79H67N11O12S5. The number of nitrogens with one attached hydrogen (secondary N) is 1. The van der Waals surface area contributed by atoms with Crippen LogP contribution >= 0.6 is 0 Å². The lowest BCUT2D eigenvalue weighted by Crippen LogP contribution is -2.13. The first-order chi connectivity index (χ1) is 51.0. The number of benzene rings is 7. The SMILES string of the molecule is C#Cc1cn(S(=O)(=O)c2ccc(C)cc2)c2ncc(-c3ccc(S(=O)(=O)C(C)C)cc3)nc12.CC(C)S(=O)(=O)c1ccc(-c2cnc3[nH]cc(-c4cc(-c5ccccc5)no4)c3n2)cc1.Cc1ccc(S(=O)(=O)n2cc(-c3cc(-c4ccccc4)no3)c3nc(-c4ccc(S(=O)(=O)C(C)C)cc4)cnc32)cc1. The quantitative estimate of drug-likeness (QED) is 0.0828. The fourth-order valence-electron chi connectivity index (χ4n) is 11.3. The molecule has 7 aromatic carbocycles. The second-order valence-electron chi connectivity index (χ2n) is 25.7. The summed E-state index contributed by atoms with van der Waals surface area (Å²) in [6, 6.07) is 55.3. The molecule has 0 aliphatic carbocycles. The second-order valence-corrected chi connectivity index (χ2v) is 36.8. The lowest BCUT2D eigenvalue weighted by molar-refractivity contribution is 0.435. The Kier molecular flexibility index (Phi) is 20.1. The van der Waals surface area contributed by atoms with Gasteiger partial charge >= 0.3 is 0 Å². The molecule has 1 N–H and O–H groups in total. The summed E-state index contributed by atoms with van der Waals surface area (Å²) in [5.41, 5.74) is 12.0. The summed E-state index contributed by atoms with van der Waals surface area (Å²) in [5.74, 6) is 3.38. The molecule has 0 aliphatic rings. The monoisotopic (exact) mass is 1520 g/mol. The van der Waals surface area contributed by atoms with Crippen LogP contribution in [0.15, 0.2) is 265 Å². The molecule has 8 heterocycles. The van der Waals surface area contributed by atoms with Gasteiger partial charge in [0.15, 0.2) is 58.0 Å². The Hall–Kier alpha value is -11.9. The molecule has 28 heteroatoms. The van der Waals surface area contributed by atoms with Crippen molar-refractivity contribution >= 4 is 83.0 Å². The lowest BCUT2D eigenvalue weighted by atomic mass is 10.1. The first kappa shape index (κ1) is 73.4. The van der Waals surface area contributed by atoms with Gasteiger partial charge in [-0.3, -0.25) is 0 Å². The summed E-state index contributed by atoms with van der Waals surface area (Å²) in [4.78, 5) is 31.5. The number of aromatic amines is 1. The van der Waals surface area contributed by atoms with Gasteiger partial charge in [0.2, 0.25) is 0 Å². The molecule has 0 bridgehead atoms. The van der Waals surface area contributed by atoms with E-state index in [1.165, 1.54) is 61.2 Å². The summed E-state index contributed by atoms with van der Waals surface area (Å²) in [5, 5.41) is 6.81. The normalized spacial score (nSPS) is 12.2. The highest BCUT2D eigenvalue weighted by atomic mass is 32.2. The minimum atomic E-state index is -4.04. The number of hydrogen-bond acceptors (Lipinski definition) is 20. The highest BCUT2D eigenvalue weighted by Crippen LogP contribution is 2.37. The van der Waals surface area contributed by atoms with Crippen molar-refractivity contribution in [3.8, 4) is 91.3 Å². The van der Waals surface area contributed by atoms with Gasteiger partial charge in [0, 0.05) is 58.5 Å². The number of fused-ring (bicyclic) bond motifs is 3. The van der Waals surface area contributed by atoms with Crippen LogP contribution in [0.4, 0.5) is 0 Å². The first-order valence-electron chi connectivity index (χ1n) is 33.3. The van der Waals surface area contributed by atoms with Crippen molar-refractivity contribution in [3.63, 3.8) is 0 Å². The number of terminal acetylenes is 1. The zero-order valence-corrected chi connectivity index (χ0v) is 62.7. The maximum absolute atomic E-state index is 13.8. The third kappa shape index (κ3) is 14.6. The lowest BCUT2D eigenvalue weighted by Gasteiger charge is -2.09. The number of hydrogen-bond donors (Lipinski definition) is 1. The summed E-state index contributed by atoms with van der Waals surface area (Å²) in [7, 11) is -18.1. The molecular weight excluding hydrogens is 1460 g/mol. The predicted octanol–water partition coefficient (Wildman–Crippen LogP) is 15.1. The van der Waals surface area contributed by atoms with Gasteiger partial charge in [-0.2, -0.15) is 0 Å². The highest BCUT2D eigenvalue weighted by Gasteiger charge is 2.29. The van der Waals surface area contributed by atoms with Crippen LogP contribution in [-0.4, -0.2) is 111 Å². The Morgan fingerprint density at radius 2 is 0.738 bits per heavy atom. The van der Waals surface area contributed by atoms with Crippen molar-refractivity contribution in [2.45, 2.75) is 95.6 Å². The van der Waals surface area contributed by atoms with E-state index in [1.807, 2.05) is 80.6 Å². The van der Waals surface area contributed by atoms with Gasteiger partial charge in [0.25, 0.3) is 20.0 Å². The zero-order chi connectivity index (χ0) is 75.9. The fraction of sp³-hybridized carbons (Fsp3) is 0.139. The summed E-state index contributed by atoms with van der Waals surface area (Å²) < 4.78 is 142. The molecule has 0 unspecified atom stereocenters. The highest BCUT2D eigenvalue weighted by molar-refractivity contribution is 7.92. The molecule has 0 saturated heterocycles. The van der Waals surface area contributed by atoms with Crippen molar-refractivity contribution < 1.29 is 51.1 Å². The van der Waals surface area contributed by atoms with E-state index in [4.69, 9.17) is 25.4 Å². The third-order valence-electron chi connectivity index (χ3n) is 17.6. The molecule has 0 spiro atoms. The molecule has 0 radical (unpaired) electrons. The smallest absolute Gasteiger partial charge is 0.269 e. The zero-order valence-electron chi connectivity index (χ0n) is 58.7. The van der Waals surface area contributed by atoms with Crippen LogP contribution in [-0.2, 0) is 49.6 Å². The number of nitrogens with zero attached hydrogens (tertiary/aromatic N) is 10. The van der Waals surface area contributed by atoms with Gasteiger partial charge in [-0.15, -0.1) is 6.42 Å². The number of aromatic nitrogens is 11. The Balaban J connectivity index is 0.000000144. The molecule has 0 aliphatic heterocycles. The van der Waals surface area contributed by atoms with E-state index < -0.39 is 65.3 Å². The molecule has 540 valence electrons. The maximum atomic E-state index is 13.8. The minimum Gasteiger partial charge on any atom is -0.356 e. The van der Waals surface area contributed by atoms with Crippen molar-refractivity contribution in [2.75, 3.05) is 0 Å². The predicted molar refractivity (Wildman–Crippen MR) is 410 cm³/mol. The van der Waals surface area contributed by atoms with Crippen molar-refractivity contribution in [2.24, 2.45) is 0 Å². The van der Waals surface area contributed by atoms with E-state index in [-0.39, 0.29) is 47.5 Å². The summed E-state index contributed by atoms with van der Waals surface area (Å²) in [6.07, 6.45) is 14.8. The Morgan fingerprint density at radius 3 is 1.14 bits per heavy atom. The largest absolute Gasteiger partial charge is 0.356 e. The van der Waals surface area contributed by atoms with Gasteiger partial charge in [-0.25, -0.2) is 79.9 Å². The van der Waals surface area contributed by atoms with Crippen LogP contribution in [0.1, 0.15) is 58.2 Å². The van der Waals surface area contributed by atoms with Gasteiger partial charge < -0.3 is 14.0 Å². The fourth-order valence-corrected chi connectivity index (χ4v) is 17.1. The first-order valence-corrected chi connectivity index (χ1v) is 40.9. The molecule has 8 aromatic heterocycles. The minimum absolute atomic E-state index is 0.104. The van der Waals surface area contributed by atoms with Gasteiger partial charge in [-0.05, 0) is 116 Å². The molecule has 0 atom stereocenters.